The third kappa shape index (κ3) is 2.65. The molecule has 1 aromatic carbocycles. The zero-order valence-electron chi connectivity index (χ0n) is 12.8. The molecule has 0 aromatic heterocycles. The van der Waals surface area contributed by atoms with Crippen LogP contribution in [0.15, 0.2) is 29.2 Å². The van der Waals surface area contributed by atoms with E-state index >= 15 is 0 Å². The predicted octanol–water partition coefficient (Wildman–Crippen LogP) is 0.748. The van der Waals surface area contributed by atoms with Gasteiger partial charge in [-0.1, -0.05) is 18.2 Å². The van der Waals surface area contributed by atoms with E-state index in [9.17, 15) is 13.2 Å². The van der Waals surface area contributed by atoms with E-state index in [4.69, 9.17) is 0 Å². The third-order valence-corrected chi connectivity index (χ3v) is 6.25. The molecule has 2 fully saturated rings. The van der Waals surface area contributed by atoms with E-state index in [1.165, 1.54) is 6.26 Å². The van der Waals surface area contributed by atoms with E-state index < -0.39 is 9.84 Å². The monoisotopic (exact) mass is 322 g/mol. The molecule has 1 saturated carbocycles. The van der Waals surface area contributed by atoms with Crippen LogP contribution in [0.4, 0.5) is 0 Å². The van der Waals surface area contributed by atoms with Crippen molar-refractivity contribution in [3.63, 3.8) is 0 Å². The number of benzene rings is 1. The molecule has 22 heavy (non-hydrogen) atoms. The van der Waals surface area contributed by atoms with Crippen molar-refractivity contribution in [2.75, 3.05) is 25.9 Å². The van der Waals surface area contributed by atoms with Gasteiger partial charge in [0.1, 0.15) is 0 Å². The van der Waals surface area contributed by atoms with Crippen LogP contribution in [0.3, 0.4) is 0 Å². The first-order chi connectivity index (χ1) is 10.4. The Labute approximate surface area is 131 Å². The van der Waals surface area contributed by atoms with E-state index in [-0.39, 0.29) is 11.3 Å². The first kappa shape index (κ1) is 15.5. The Bertz CT molecular complexity index is 686. The second-order valence-electron chi connectivity index (χ2n) is 6.41. The molecule has 120 valence electrons. The summed E-state index contributed by atoms with van der Waals surface area (Å²) in [5.74, 6) is 0.585. The number of fused-ring (bicyclic) bond motifs is 1. The molecule has 6 heteroatoms. The fourth-order valence-corrected chi connectivity index (χ4v) is 4.61. The highest BCUT2D eigenvalue weighted by molar-refractivity contribution is 7.90. The summed E-state index contributed by atoms with van der Waals surface area (Å²) < 4.78 is 23.5. The third-order valence-electron chi connectivity index (χ3n) is 5.06. The van der Waals surface area contributed by atoms with Crippen molar-refractivity contribution >= 4 is 15.7 Å². The summed E-state index contributed by atoms with van der Waals surface area (Å²) in [5, 5.41) is 6.30. The summed E-state index contributed by atoms with van der Waals surface area (Å²) in [7, 11) is -3.23. The summed E-state index contributed by atoms with van der Waals surface area (Å²) in [6, 6.07) is 6.98. The van der Waals surface area contributed by atoms with Crippen LogP contribution in [0.25, 0.3) is 0 Å². The van der Waals surface area contributed by atoms with Gasteiger partial charge < -0.3 is 10.6 Å². The van der Waals surface area contributed by atoms with Crippen LogP contribution in [0.1, 0.15) is 18.4 Å². The SMILES string of the molecule is CS(=O)(=O)c1ccccc1CCNC(=O)[C@]12CC[C@H]1CNC2. The quantitative estimate of drug-likeness (QED) is 0.839. The zero-order chi connectivity index (χ0) is 15.8. The normalized spacial score (nSPS) is 27.0. The molecular weight excluding hydrogens is 300 g/mol. The number of hydrogen-bond acceptors (Lipinski definition) is 4. The number of sulfone groups is 1. The minimum atomic E-state index is -3.23. The van der Waals surface area contributed by atoms with E-state index in [0.717, 1.165) is 31.5 Å². The van der Waals surface area contributed by atoms with Crippen molar-refractivity contribution in [3.8, 4) is 0 Å². The first-order valence-corrected chi connectivity index (χ1v) is 9.60. The smallest absolute Gasteiger partial charge is 0.227 e. The molecular formula is C16H22N2O3S. The van der Waals surface area contributed by atoms with E-state index in [0.29, 0.717) is 23.8 Å². The Hall–Kier alpha value is -1.40. The van der Waals surface area contributed by atoms with Gasteiger partial charge in [0.2, 0.25) is 5.91 Å². The van der Waals surface area contributed by atoms with Crippen molar-refractivity contribution in [2.45, 2.75) is 24.2 Å². The largest absolute Gasteiger partial charge is 0.355 e. The van der Waals surface area contributed by atoms with Gasteiger partial charge in [-0.25, -0.2) is 8.42 Å². The number of nitrogens with one attached hydrogen (secondary N) is 2. The Morgan fingerprint density at radius 1 is 1.41 bits per heavy atom. The average Bonchev–Trinajstić information content (AvgIpc) is 2.74. The molecule has 1 aromatic rings. The van der Waals surface area contributed by atoms with Gasteiger partial charge in [-0.05, 0) is 43.4 Å². The van der Waals surface area contributed by atoms with Crippen LogP contribution in [-0.2, 0) is 21.1 Å². The minimum Gasteiger partial charge on any atom is -0.355 e. The lowest BCUT2D eigenvalue weighted by Crippen LogP contribution is -2.52. The van der Waals surface area contributed by atoms with Crippen LogP contribution in [0.2, 0.25) is 0 Å². The van der Waals surface area contributed by atoms with Crippen molar-refractivity contribution in [1.29, 1.82) is 0 Å². The highest BCUT2D eigenvalue weighted by atomic mass is 32.2. The highest BCUT2D eigenvalue weighted by Gasteiger charge is 2.54. The maximum absolute atomic E-state index is 12.4. The summed E-state index contributed by atoms with van der Waals surface area (Å²) in [5.41, 5.74) is 0.550. The van der Waals surface area contributed by atoms with Crippen molar-refractivity contribution in [3.05, 3.63) is 29.8 Å². The predicted molar refractivity (Wildman–Crippen MR) is 84.3 cm³/mol. The second-order valence-corrected chi connectivity index (χ2v) is 8.39. The average molecular weight is 322 g/mol. The molecule has 0 spiro atoms. The molecule has 2 atom stereocenters. The number of amides is 1. The lowest BCUT2D eigenvalue weighted by atomic mass is 9.61. The Morgan fingerprint density at radius 3 is 2.82 bits per heavy atom. The van der Waals surface area contributed by atoms with Gasteiger partial charge >= 0.3 is 0 Å². The Balaban J connectivity index is 1.61. The molecule has 0 radical (unpaired) electrons. The van der Waals surface area contributed by atoms with Crippen LogP contribution in [0.5, 0.6) is 0 Å². The molecule has 1 saturated heterocycles. The van der Waals surface area contributed by atoms with Gasteiger partial charge in [-0.15, -0.1) is 0 Å². The number of carbonyl (C=O) groups is 1. The van der Waals surface area contributed by atoms with Crippen LogP contribution in [0, 0.1) is 11.3 Å². The number of hydrogen-bond donors (Lipinski definition) is 2. The summed E-state index contributed by atoms with van der Waals surface area (Å²) in [4.78, 5) is 12.8. The number of carbonyl (C=O) groups excluding carboxylic acids is 1. The lowest BCUT2D eigenvalue weighted by Gasteiger charge is -2.42. The molecule has 0 unspecified atom stereocenters. The van der Waals surface area contributed by atoms with Gasteiger partial charge in [0.05, 0.1) is 10.3 Å². The fraction of sp³-hybridized carbons (Fsp3) is 0.562. The zero-order valence-corrected chi connectivity index (χ0v) is 13.6. The summed E-state index contributed by atoms with van der Waals surface area (Å²) in [6.07, 6.45) is 3.82. The molecule has 5 nitrogen and oxygen atoms in total. The summed E-state index contributed by atoms with van der Waals surface area (Å²) in [6.45, 7) is 2.17. The van der Waals surface area contributed by atoms with Gasteiger partial charge in [0.15, 0.2) is 9.84 Å². The molecule has 1 aliphatic carbocycles. The standard InChI is InChI=1S/C16H22N2O3S/c1-22(20,21)14-5-3-2-4-12(14)7-9-18-15(19)16-8-6-13(16)10-17-11-16/h2-5,13,17H,6-11H2,1H3,(H,18,19)/t13-,16-/m0/s1. The Kier molecular flexibility index (Phi) is 3.99. The molecule has 0 bridgehead atoms. The second kappa shape index (κ2) is 5.66. The maximum atomic E-state index is 12.4. The van der Waals surface area contributed by atoms with Crippen LogP contribution < -0.4 is 10.6 Å². The minimum absolute atomic E-state index is 0.116. The van der Waals surface area contributed by atoms with Gasteiger partial charge in [-0.2, -0.15) is 0 Å². The lowest BCUT2D eigenvalue weighted by molar-refractivity contribution is -0.137. The topological polar surface area (TPSA) is 75.3 Å². The molecule has 1 aliphatic heterocycles. The first-order valence-electron chi connectivity index (χ1n) is 7.70. The van der Waals surface area contributed by atoms with Crippen molar-refractivity contribution in [2.24, 2.45) is 11.3 Å². The van der Waals surface area contributed by atoms with Crippen LogP contribution >= 0.6 is 0 Å². The molecule has 3 rings (SSSR count). The van der Waals surface area contributed by atoms with Crippen LogP contribution in [-0.4, -0.2) is 40.2 Å². The van der Waals surface area contributed by atoms with E-state index in [1.807, 2.05) is 12.1 Å². The maximum Gasteiger partial charge on any atom is 0.227 e. The summed E-state index contributed by atoms with van der Waals surface area (Å²) >= 11 is 0. The van der Waals surface area contributed by atoms with Crippen molar-refractivity contribution in [1.82, 2.24) is 10.6 Å². The van der Waals surface area contributed by atoms with Gasteiger partial charge in [0, 0.05) is 19.3 Å². The molecule has 1 amide bonds. The van der Waals surface area contributed by atoms with Gasteiger partial charge in [0.25, 0.3) is 0 Å². The molecule has 2 aliphatic rings. The number of rotatable bonds is 5. The fourth-order valence-electron chi connectivity index (χ4n) is 3.63. The van der Waals surface area contributed by atoms with Gasteiger partial charge in [-0.3, -0.25) is 4.79 Å². The molecule has 2 N–H and O–H groups in total. The molecule has 1 heterocycles. The highest BCUT2D eigenvalue weighted by Crippen LogP contribution is 2.49. The van der Waals surface area contributed by atoms with Crippen molar-refractivity contribution < 1.29 is 13.2 Å². The van der Waals surface area contributed by atoms with E-state index in [2.05, 4.69) is 10.6 Å². The van der Waals surface area contributed by atoms with E-state index in [1.54, 1.807) is 12.1 Å². The Morgan fingerprint density at radius 2 is 2.18 bits per heavy atom.